The molecule has 0 aliphatic rings. The largest absolute Gasteiger partial charge is 0.308 e. The maximum absolute atomic E-state index is 11.6. The quantitative estimate of drug-likeness (QED) is 0.614. The summed E-state index contributed by atoms with van der Waals surface area (Å²) in [4.78, 5) is 32.4. The van der Waals surface area contributed by atoms with Gasteiger partial charge in [0.2, 0.25) is 0 Å². The van der Waals surface area contributed by atoms with Gasteiger partial charge in [0.05, 0.1) is 15.6 Å². The Kier molecular flexibility index (Phi) is 4.56. The van der Waals surface area contributed by atoms with E-state index >= 15 is 0 Å². The number of hydrogen-bond donors (Lipinski definition) is 0. The molecule has 0 radical (unpaired) electrons. The molecule has 0 aliphatic carbocycles. The van der Waals surface area contributed by atoms with E-state index in [1.807, 2.05) is 0 Å². The van der Waals surface area contributed by atoms with Crippen LogP contribution in [0.2, 0.25) is 0 Å². The molecule has 0 saturated carbocycles. The summed E-state index contributed by atoms with van der Waals surface area (Å²) in [5.41, 5.74) is -0.488. The van der Waals surface area contributed by atoms with Crippen molar-refractivity contribution in [2.24, 2.45) is 0 Å². The zero-order valence-electron chi connectivity index (χ0n) is 9.18. The lowest BCUT2D eigenvalue weighted by Crippen LogP contribution is -2.21. The third kappa shape index (κ3) is 3.77. The average molecular weight is 303 g/mol. The van der Waals surface area contributed by atoms with Gasteiger partial charge < -0.3 is 9.36 Å². The summed E-state index contributed by atoms with van der Waals surface area (Å²) in [5.74, 6) is 0.0301. The molecule has 0 bridgehead atoms. The van der Waals surface area contributed by atoms with E-state index in [-0.39, 0.29) is 21.5 Å². The van der Waals surface area contributed by atoms with Gasteiger partial charge >= 0.3 is 0 Å². The molecule has 1 rings (SSSR count). The average Bonchev–Trinajstić information content (AvgIpc) is 2.23. The second kappa shape index (κ2) is 5.72. The fourth-order valence-electron chi connectivity index (χ4n) is 1.35. The molecular formula is C10H11BrN2O4. The van der Waals surface area contributed by atoms with Crippen LogP contribution in [0.25, 0.3) is 0 Å². The van der Waals surface area contributed by atoms with Gasteiger partial charge in [0, 0.05) is 19.0 Å². The van der Waals surface area contributed by atoms with E-state index in [0.717, 1.165) is 0 Å². The van der Waals surface area contributed by atoms with Crippen molar-refractivity contribution in [1.82, 2.24) is 4.57 Å². The fourth-order valence-corrected chi connectivity index (χ4v) is 1.81. The minimum atomic E-state index is -0.564. The van der Waals surface area contributed by atoms with E-state index in [1.165, 1.54) is 23.8 Å². The first-order valence-electron chi connectivity index (χ1n) is 4.95. The Balaban J connectivity index is 2.94. The minimum absolute atomic E-state index is 0.0301. The van der Waals surface area contributed by atoms with Gasteiger partial charge in [-0.3, -0.25) is 14.9 Å². The standard InChI is InChI=1S/C10H11BrN2O4/c1-7(14)3-2-4-12-6-8(13(16)17)5-9(11)10(12)15/h5-6H,2-4H2,1H3. The highest BCUT2D eigenvalue weighted by Gasteiger charge is 2.11. The van der Waals surface area contributed by atoms with Gasteiger partial charge in [0.15, 0.2) is 0 Å². The van der Waals surface area contributed by atoms with E-state index in [1.54, 1.807) is 0 Å². The van der Waals surface area contributed by atoms with Crippen molar-refractivity contribution in [1.29, 1.82) is 0 Å². The van der Waals surface area contributed by atoms with E-state index in [4.69, 9.17) is 0 Å². The van der Waals surface area contributed by atoms with Gasteiger partial charge in [-0.05, 0) is 29.3 Å². The number of ketones is 1. The van der Waals surface area contributed by atoms with E-state index in [2.05, 4.69) is 15.9 Å². The highest BCUT2D eigenvalue weighted by Crippen LogP contribution is 2.14. The first-order valence-corrected chi connectivity index (χ1v) is 5.75. The number of pyridine rings is 1. The Morgan fingerprint density at radius 1 is 1.59 bits per heavy atom. The zero-order chi connectivity index (χ0) is 13.0. The molecule has 0 aromatic carbocycles. The smallest absolute Gasteiger partial charge is 0.286 e. The summed E-state index contributed by atoms with van der Waals surface area (Å²) in [6.45, 7) is 1.75. The summed E-state index contributed by atoms with van der Waals surface area (Å²) in [6.07, 6.45) is 2.03. The lowest BCUT2D eigenvalue weighted by molar-refractivity contribution is -0.385. The highest BCUT2D eigenvalue weighted by atomic mass is 79.9. The third-order valence-electron chi connectivity index (χ3n) is 2.17. The monoisotopic (exact) mass is 302 g/mol. The predicted molar refractivity (Wildman–Crippen MR) is 65.0 cm³/mol. The van der Waals surface area contributed by atoms with Crippen LogP contribution < -0.4 is 5.56 Å². The van der Waals surface area contributed by atoms with Gasteiger partial charge in [-0.2, -0.15) is 0 Å². The maximum Gasteiger partial charge on any atom is 0.286 e. The Labute approximate surface area is 106 Å². The predicted octanol–water partition coefficient (Wildman–Crippen LogP) is 1.89. The molecule has 6 nitrogen and oxygen atoms in total. The molecule has 0 unspecified atom stereocenters. The number of aromatic nitrogens is 1. The second-order valence-corrected chi connectivity index (χ2v) is 4.46. The highest BCUT2D eigenvalue weighted by molar-refractivity contribution is 9.10. The Morgan fingerprint density at radius 2 is 2.24 bits per heavy atom. The summed E-state index contributed by atoms with van der Waals surface area (Å²) in [6, 6.07) is 1.17. The van der Waals surface area contributed by atoms with Crippen LogP contribution in [0.5, 0.6) is 0 Å². The van der Waals surface area contributed by atoms with Gasteiger partial charge in [-0.25, -0.2) is 0 Å². The first kappa shape index (κ1) is 13.6. The van der Waals surface area contributed by atoms with Crippen LogP contribution in [-0.2, 0) is 11.3 Å². The number of aryl methyl sites for hydroxylation is 1. The third-order valence-corrected chi connectivity index (χ3v) is 2.73. The number of carbonyl (C=O) groups excluding carboxylic acids is 1. The molecule has 0 N–H and O–H groups in total. The Hall–Kier alpha value is -1.50. The molecule has 0 amide bonds. The van der Waals surface area contributed by atoms with Gasteiger partial charge in [-0.1, -0.05) is 0 Å². The van der Waals surface area contributed by atoms with Crippen LogP contribution >= 0.6 is 15.9 Å². The summed E-state index contributed by atoms with van der Waals surface area (Å²) < 4.78 is 1.39. The number of hydrogen-bond acceptors (Lipinski definition) is 4. The lowest BCUT2D eigenvalue weighted by atomic mass is 10.2. The first-order chi connectivity index (χ1) is 7.91. The summed E-state index contributed by atoms with van der Waals surface area (Å²) in [5, 5.41) is 10.6. The molecule has 92 valence electrons. The fraction of sp³-hybridized carbons (Fsp3) is 0.400. The normalized spacial score (nSPS) is 10.2. The topological polar surface area (TPSA) is 82.2 Å². The van der Waals surface area contributed by atoms with Crippen molar-refractivity contribution in [2.45, 2.75) is 26.3 Å². The van der Waals surface area contributed by atoms with Crippen molar-refractivity contribution in [3.63, 3.8) is 0 Å². The maximum atomic E-state index is 11.6. The van der Waals surface area contributed by atoms with Crippen LogP contribution in [0.4, 0.5) is 5.69 Å². The summed E-state index contributed by atoms with van der Waals surface area (Å²) >= 11 is 2.98. The molecule has 0 saturated heterocycles. The molecular weight excluding hydrogens is 292 g/mol. The van der Waals surface area contributed by atoms with E-state index < -0.39 is 4.92 Å². The summed E-state index contributed by atoms with van der Waals surface area (Å²) in [7, 11) is 0. The molecule has 0 atom stereocenters. The van der Waals surface area contributed by atoms with Crippen molar-refractivity contribution >= 4 is 27.4 Å². The van der Waals surface area contributed by atoms with Gasteiger partial charge in [-0.15, -0.1) is 0 Å². The van der Waals surface area contributed by atoms with E-state index in [9.17, 15) is 19.7 Å². The Bertz CT molecular complexity index is 510. The minimum Gasteiger partial charge on any atom is -0.308 e. The van der Waals surface area contributed by atoms with Crippen molar-refractivity contribution in [3.05, 3.63) is 37.2 Å². The molecule has 0 fully saturated rings. The van der Waals surface area contributed by atoms with Crippen LogP contribution in [0.3, 0.4) is 0 Å². The van der Waals surface area contributed by atoms with Crippen LogP contribution in [0.15, 0.2) is 21.5 Å². The van der Waals surface area contributed by atoms with Gasteiger partial charge in [0.1, 0.15) is 5.78 Å². The number of nitro groups is 1. The molecule has 0 spiro atoms. The molecule has 7 heteroatoms. The number of carbonyl (C=O) groups is 1. The van der Waals surface area contributed by atoms with E-state index in [0.29, 0.717) is 19.4 Å². The molecule has 17 heavy (non-hydrogen) atoms. The molecule has 1 aromatic heterocycles. The molecule has 1 heterocycles. The van der Waals surface area contributed by atoms with Gasteiger partial charge in [0.25, 0.3) is 11.2 Å². The van der Waals surface area contributed by atoms with Crippen LogP contribution in [-0.4, -0.2) is 15.3 Å². The number of Topliss-reactive ketones (excluding diaryl/α,β-unsaturated/α-hetero) is 1. The SMILES string of the molecule is CC(=O)CCCn1cc([N+](=O)[O-])cc(Br)c1=O. The molecule has 1 aromatic rings. The number of halogens is 1. The second-order valence-electron chi connectivity index (χ2n) is 3.61. The molecule has 0 aliphatic heterocycles. The zero-order valence-corrected chi connectivity index (χ0v) is 10.8. The Morgan fingerprint density at radius 3 is 2.76 bits per heavy atom. The van der Waals surface area contributed by atoms with Crippen molar-refractivity contribution in [2.75, 3.05) is 0 Å². The van der Waals surface area contributed by atoms with Crippen LogP contribution in [0, 0.1) is 10.1 Å². The number of nitrogens with zero attached hydrogens (tertiary/aromatic N) is 2. The van der Waals surface area contributed by atoms with Crippen molar-refractivity contribution in [3.8, 4) is 0 Å². The number of rotatable bonds is 5. The van der Waals surface area contributed by atoms with Crippen LogP contribution in [0.1, 0.15) is 19.8 Å². The lowest BCUT2D eigenvalue weighted by Gasteiger charge is -2.05. The van der Waals surface area contributed by atoms with Crippen molar-refractivity contribution < 1.29 is 9.72 Å².